The van der Waals surface area contributed by atoms with E-state index in [0.717, 1.165) is 48.5 Å². The molecule has 1 fully saturated rings. The molecule has 0 bridgehead atoms. The van der Waals surface area contributed by atoms with Gasteiger partial charge >= 0.3 is 0 Å². The molecule has 478 valence electrons. The van der Waals surface area contributed by atoms with Crippen LogP contribution in [0.2, 0.25) is 0 Å². The zero-order valence-corrected chi connectivity index (χ0v) is 54.3. The van der Waals surface area contributed by atoms with Crippen LogP contribution in [0.5, 0.6) is 0 Å². The van der Waals surface area contributed by atoms with Crippen molar-refractivity contribution in [2.45, 2.75) is 64.7 Å². The van der Waals surface area contributed by atoms with Gasteiger partial charge in [-0.3, -0.25) is 39.9 Å². The third kappa shape index (κ3) is 25.3. The highest BCUT2D eigenvalue weighted by molar-refractivity contribution is 7.07. The zero-order valence-electron chi connectivity index (χ0n) is 53.5. The Morgan fingerprint density at radius 3 is 1.57 bits per heavy atom. The van der Waals surface area contributed by atoms with Gasteiger partial charge in [0, 0.05) is 103 Å². The highest BCUT2D eigenvalue weighted by Crippen LogP contribution is 2.32. The third-order valence-electron chi connectivity index (χ3n) is 15.2. The van der Waals surface area contributed by atoms with Crippen molar-refractivity contribution in [3.63, 3.8) is 0 Å². The van der Waals surface area contributed by atoms with E-state index in [2.05, 4.69) is 191 Å². The number of pyridine rings is 7. The van der Waals surface area contributed by atoms with Gasteiger partial charge in [-0.2, -0.15) is 0 Å². The van der Waals surface area contributed by atoms with Crippen molar-refractivity contribution in [2.24, 2.45) is 4.99 Å². The number of thiazole rings is 1. The van der Waals surface area contributed by atoms with Gasteiger partial charge in [-0.1, -0.05) is 221 Å². The van der Waals surface area contributed by atoms with Gasteiger partial charge in [-0.15, -0.1) is 11.3 Å². The van der Waals surface area contributed by atoms with Crippen LogP contribution in [0.1, 0.15) is 85.4 Å². The molecule has 0 saturated heterocycles. The Bertz CT molecular complexity index is 4050. The number of hydrogen-bond donors (Lipinski definition) is 0. The van der Waals surface area contributed by atoms with E-state index in [1.54, 1.807) is 42.3 Å². The smallest absolute Gasteiger partial charge is 0.0812 e. The topological polar surface area (TPSA) is 115 Å². The molecule has 18 rings (SSSR count). The van der Waals surface area contributed by atoms with Crippen LogP contribution < -0.4 is 0 Å². The maximum Gasteiger partial charge on any atom is 0.0812 e. The normalized spacial score (nSPS) is 12.6. The first-order chi connectivity index (χ1) is 47.2. The SMILES string of the molecule is C.C1=CC(c2ccccc2)=CC1.C1=CCN=C1.C1=Cc2ccccc2C1.C1=Cc2cccnc2C1.c1cc(-c2cscn2)ccn1.c1cc(C2CCCCC2)ccn1.c1ccc(-c2ccncc2)cc1.c1ccc2cnccc2c1.c1ccc2ncccc2c1.c1ccncc1. The lowest BCUT2D eigenvalue weighted by Gasteiger charge is -2.21. The number of hydrogen-bond acceptors (Lipinski definition) is 10. The molecule has 5 aromatic carbocycles. The summed E-state index contributed by atoms with van der Waals surface area (Å²) >= 11 is 1.60. The van der Waals surface area contributed by atoms with Crippen LogP contribution in [0.25, 0.3) is 61.8 Å². The lowest BCUT2D eigenvalue weighted by molar-refractivity contribution is 0.443. The molecule has 1 saturated carbocycles. The van der Waals surface area contributed by atoms with Crippen LogP contribution in [-0.4, -0.2) is 52.6 Å². The maximum absolute atomic E-state index is 4.20. The van der Waals surface area contributed by atoms with Gasteiger partial charge in [-0.25, -0.2) is 4.98 Å². The van der Waals surface area contributed by atoms with Crippen molar-refractivity contribution in [2.75, 3.05) is 6.54 Å². The molecule has 0 atom stereocenters. The summed E-state index contributed by atoms with van der Waals surface area (Å²) in [6.45, 7) is 0.889. The number of benzene rings is 5. The van der Waals surface area contributed by atoms with E-state index in [1.807, 2.05) is 188 Å². The fraction of sp³-hybridized carbons (Fsp3) is 0.128. The monoisotopic (exact) mass is 1270 g/mol. The molecular formula is C86H83N9S. The van der Waals surface area contributed by atoms with Crippen LogP contribution >= 0.6 is 11.3 Å². The minimum atomic E-state index is 0. The van der Waals surface area contributed by atoms with Crippen LogP contribution in [0.4, 0.5) is 0 Å². The summed E-state index contributed by atoms with van der Waals surface area (Å²) in [7, 11) is 0. The summed E-state index contributed by atoms with van der Waals surface area (Å²) in [5.74, 6) is 0.821. The van der Waals surface area contributed by atoms with E-state index in [-0.39, 0.29) is 7.43 Å². The molecule has 10 heteroatoms. The molecule has 5 aliphatic rings. The van der Waals surface area contributed by atoms with Crippen LogP contribution in [-0.2, 0) is 12.8 Å². The van der Waals surface area contributed by atoms with E-state index < -0.39 is 0 Å². The second kappa shape index (κ2) is 42.7. The molecule has 1 aliphatic heterocycles. The predicted octanol–water partition coefficient (Wildman–Crippen LogP) is 21.8. The number of nitrogens with zero attached hydrogens (tertiary/aromatic N) is 9. The average molecular weight is 1270 g/mol. The van der Waals surface area contributed by atoms with E-state index in [9.17, 15) is 0 Å². The van der Waals surface area contributed by atoms with Crippen LogP contribution in [0.3, 0.4) is 0 Å². The van der Waals surface area contributed by atoms with E-state index in [4.69, 9.17) is 0 Å². The summed E-state index contributed by atoms with van der Waals surface area (Å²) in [6, 6.07) is 73.5. The number of fused-ring (bicyclic) bond motifs is 4. The summed E-state index contributed by atoms with van der Waals surface area (Å²) in [5.41, 5.74) is 17.0. The molecule has 0 amide bonds. The second-order valence-corrected chi connectivity index (χ2v) is 22.5. The van der Waals surface area contributed by atoms with Crippen LogP contribution in [0, 0.1) is 0 Å². The molecule has 9 nitrogen and oxygen atoms in total. The summed E-state index contributed by atoms with van der Waals surface area (Å²) in [6.07, 6.45) is 53.0. The molecule has 8 aromatic heterocycles. The Morgan fingerprint density at radius 1 is 0.385 bits per heavy atom. The van der Waals surface area contributed by atoms with Gasteiger partial charge in [0.05, 0.1) is 29.0 Å². The molecule has 13 aromatic rings. The quantitative estimate of drug-likeness (QED) is 0.171. The first kappa shape index (κ1) is 70.5. The first-order valence-corrected chi connectivity index (χ1v) is 33.2. The van der Waals surface area contributed by atoms with Gasteiger partial charge < -0.3 is 0 Å². The third-order valence-corrected chi connectivity index (χ3v) is 15.8. The van der Waals surface area contributed by atoms with Gasteiger partial charge in [-0.05, 0) is 166 Å². The van der Waals surface area contributed by atoms with Crippen molar-refractivity contribution in [1.29, 1.82) is 0 Å². The molecule has 0 spiro atoms. The number of para-hydroxylation sites is 1. The number of rotatable bonds is 4. The van der Waals surface area contributed by atoms with Gasteiger partial charge in [0.15, 0.2) is 0 Å². The summed E-state index contributed by atoms with van der Waals surface area (Å²) in [4.78, 5) is 36.1. The minimum Gasteiger partial charge on any atom is -0.289 e. The van der Waals surface area contributed by atoms with Crippen molar-refractivity contribution in [3.05, 3.63) is 380 Å². The lowest BCUT2D eigenvalue weighted by atomic mass is 9.85. The van der Waals surface area contributed by atoms with Crippen molar-refractivity contribution in [3.8, 4) is 22.4 Å². The molecular weight excluding hydrogens is 1190 g/mol. The number of allylic oxidation sites excluding steroid dienone is 7. The van der Waals surface area contributed by atoms with Crippen molar-refractivity contribution >= 4 is 57.0 Å². The maximum atomic E-state index is 4.20. The van der Waals surface area contributed by atoms with Crippen LogP contribution in [0.15, 0.2) is 351 Å². The van der Waals surface area contributed by atoms with E-state index >= 15 is 0 Å². The Hall–Kier alpha value is -11.3. The number of aliphatic imine (C=N–C) groups is 1. The highest BCUT2D eigenvalue weighted by atomic mass is 32.1. The Balaban J connectivity index is 0.000000137. The second-order valence-electron chi connectivity index (χ2n) is 21.8. The van der Waals surface area contributed by atoms with Gasteiger partial charge in [0.2, 0.25) is 0 Å². The van der Waals surface area contributed by atoms with Gasteiger partial charge in [0.1, 0.15) is 0 Å². The molecule has 96 heavy (non-hydrogen) atoms. The van der Waals surface area contributed by atoms with E-state index in [0.29, 0.717) is 0 Å². The Labute approximate surface area is 571 Å². The van der Waals surface area contributed by atoms with Crippen molar-refractivity contribution < 1.29 is 0 Å². The fourth-order valence-corrected chi connectivity index (χ4v) is 10.9. The Kier molecular flexibility index (Phi) is 31.4. The lowest BCUT2D eigenvalue weighted by Crippen LogP contribution is -2.03. The largest absolute Gasteiger partial charge is 0.289 e. The average Bonchev–Trinajstić information content (AvgIpc) is 3.83. The predicted molar refractivity (Wildman–Crippen MR) is 406 cm³/mol. The highest BCUT2D eigenvalue weighted by Gasteiger charge is 2.14. The fourth-order valence-electron chi connectivity index (χ4n) is 10.4. The first-order valence-electron chi connectivity index (χ1n) is 32.2. The standard InChI is InChI=1S/C11H15N.C11H9N.C11H10.2C9H7N.C9H8.C8H6N2S.C8H7N.C5H5N.C4H5N.CH4/c2*1-2-4-10(5-3-1)11-6-8-12-9-7-11;1-2-6-10(7-3-1)11-8-4-5-9-11;1-2-6-9-8(4-1)5-3-7-10-9;1-2-4-9-7-10-6-5-8(9)3-1;1-2-5-9-7-3-6-8(9)4-1;1-3-9-4-2-7(1)8-5-11-6-10-8;1-3-7-4-2-6-9-8(7)5-1;1-2-4-6-5-3-1;1-2-4-5-3-1;/h6-10H,1-5H2;1-9H;1-4,6-9H,5H2;2*1-7H;1-6H,7H2;1-6H;1-4,6H,5H2;1-5H;1-3H,4H2;1H4. The molecule has 0 unspecified atom stereocenters. The molecule has 4 aliphatic carbocycles. The minimum absolute atomic E-state index is 0. The molecule has 0 radical (unpaired) electrons. The zero-order chi connectivity index (χ0) is 65.1. The molecule has 0 N–H and O–H groups in total. The Morgan fingerprint density at radius 2 is 0.958 bits per heavy atom. The van der Waals surface area contributed by atoms with Crippen molar-refractivity contribution in [1.82, 2.24) is 39.9 Å². The summed E-state index contributed by atoms with van der Waals surface area (Å²) in [5, 5.41) is 5.67. The molecule has 9 heterocycles. The summed E-state index contributed by atoms with van der Waals surface area (Å²) < 4.78 is 0. The number of aromatic nitrogens is 8. The van der Waals surface area contributed by atoms with E-state index in [1.165, 1.54) is 98.5 Å². The van der Waals surface area contributed by atoms with Gasteiger partial charge in [0.25, 0.3) is 0 Å².